The molecule has 1 unspecified atom stereocenters. The summed E-state index contributed by atoms with van der Waals surface area (Å²) in [4.78, 5) is 13.7. The zero-order chi connectivity index (χ0) is 17.5. The Morgan fingerprint density at radius 3 is 2.08 bits per heavy atom. The van der Waals surface area contributed by atoms with E-state index in [1.807, 2.05) is 79.8 Å². The number of amides is 1. The lowest BCUT2D eigenvalue weighted by Crippen LogP contribution is -3.08. The third kappa shape index (κ3) is 4.81. The predicted octanol–water partition coefficient (Wildman–Crippen LogP) is 2.20. The number of rotatable bonds is 7. The molecule has 2 N–H and O–H groups in total. The summed E-state index contributed by atoms with van der Waals surface area (Å²) < 4.78 is 5.35. The molecule has 0 spiro atoms. The van der Waals surface area contributed by atoms with Crippen LogP contribution in [0, 0.1) is 0 Å². The second-order valence-electron chi connectivity index (χ2n) is 6.21. The molecule has 1 heterocycles. The molecule has 3 aromatic rings. The molecule has 4 nitrogen and oxygen atoms in total. The zero-order valence-corrected chi connectivity index (χ0v) is 14.3. The van der Waals surface area contributed by atoms with Crippen LogP contribution in [0.25, 0.3) is 0 Å². The minimum atomic E-state index is -0.147. The van der Waals surface area contributed by atoms with E-state index in [9.17, 15) is 4.79 Å². The van der Waals surface area contributed by atoms with Crippen LogP contribution < -0.4 is 10.2 Å². The zero-order valence-electron chi connectivity index (χ0n) is 14.3. The fraction of sp³-hybridized carbons (Fsp3) is 0.190. The lowest BCUT2D eigenvalue weighted by molar-refractivity contribution is -0.886. The van der Waals surface area contributed by atoms with Crippen LogP contribution in [0.1, 0.15) is 22.9 Å². The number of hydrogen-bond acceptors (Lipinski definition) is 2. The van der Waals surface area contributed by atoms with Gasteiger partial charge < -0.3 is 14.6 Å². The summed E-state index contributed by atoms with van der Waals surface area (Å²) >= 11 is 0. The molecule has 128 valence electrons. The standard InChI is InChI=1S/C21H22N2O2/c1-23(15-19-13-8-14-25-19)16-20(24)22-21(17-9-4-2-5-10-17)18-11-6-3-7-12-18/h2-14,21H,15-16H2,1H3,(H,22,24)/p+1. The Labute approximate surface area is 148 Å². The molecule has 0 bridgehead atoms. The quantitative estimate of drug-likeness (QED) is 0.695. The molecule has 25 heavy (non-hydrogen) atoms. The fourth-order valence-corrected chi connectivity index (χ4v) is 2.91. The summed E-state index contributed by atoms with van der Waals surface area (Å²) in [5, 5.41) is 3.17. The average molecular weight is 335 g/mol. The van der Waals surface area contributed by atoms with Crippen LogP contribution in [-0.2, 0) is 11.3 Å². The van der Waals surface area contributed by atoms with Gasteiger partial charge in [-0.3, -0.25) is 4.79 Å². The van der Waals surface area contributed by atoms with E-state index in [4.69, 9.17) is 4.42 Å². The van der Waals surface area contributed by atoms with Gasteiger partial charge in [-0.05, 0) is 23.3 Å². The molecule has 1 atom stereocenters. The van der Waals surface area contributed by atoms with Gasteiger partial charge in [0.1, 0.15) is 6.54 Å². The molecule has 2 aromatic carbocycles. The van der Waals surface area contributed by atoms with Gasteiger partial charge in [0, 0.05) is 0 Å². The first-order valence-corrected chi connectivity index (χ1v) is 8.45. The van der Waals surface area contributed by atoms with Gasteiger partial charge in [0.05, 0.1) is 19.4 Å². The number of nitrogens with one attached hydrogen (secondary N) is 2. The molecule has 0 saturated heterocycles. The Kier molecular flexibility index (Phi) is 5.65. The van der Waals surface area contributed by atoms with Gasteiger partial charge in [0.15, 0.2) is 12.3 Å². The SMILES string of the molecule is C[NH+](CC(=O)NC(c1ccccc1)c1ccccc1)Cc1ccco1. The van der Waals surface area contributed by atoms with Gasteiger partial charge in [-0.25, -0.2) is 0 Å². The van der Waals surface area contributed by atoms with E-state index >= 15 is 0 Å². The van der Waals surface area contributed by atoms with Crippen molar-refractivity contribution in [3.05, 3.63) is 95.9 Å². The van der Waals surface area contributed by atoms with Crippen molar-refractivity contribution in [2.24, 2.45) is 0 Å². The van der Waals surface area contributed by atoms with Crippen LogP contribution in [0.4, 0.5) is 0 Å². The second-order valence-corrected chi connectivity index (χ2v) is 6.21. The molecule has 0 radical (unpaired) electrons. The van der Waals surface area contributed by atoms with Gasteiger partial charge in [-0.1, -0.05) is 60.7 Å². The van der Waals surface area contributed by atoms with Crippen LogP contribution in [0.15, 0.2) is 83.5 Å². The number of furan rings is 1. The maximum absolute atomic E-state index is 12.6. The van der Waals surface area contributed by atoms with Gasteiger partial charge in [0.2, 0.25) is 0 Å². The van der Waals surface area contributed by atoms with Gasteiger partial charge in [0.25, 0.3) is 5.91 Å². The van der Waals surface area contributed by atoms with E-state index in [1.165, 1.54) is 0 Å². The monoisotopic (exact) mass is 335 g/mol. The molecular formula is C21H23N2O2+. The van der Waals surface area contributed by atoms with E-state index in [1.54, 1.807) is 6.26 Å². The Morgan fingerprint density at radius 1 is 0.960 bits per heavy atom. The largest absolute Gasteiger partial charge is 0.463 e. The Morgan fingerprint density at radius 2 is 1.56 bits per heavy atom. The summed E-state index contributed by atoms with van der Waals surface area (Å²) in [7, 11) is 1.99. The topological polar surface area (TPSA) is 46.7 Å². The minimum Gasteiger partial charge on any atom is -0.463 e. The van der Waals surface area contributed by atoms with Crippen molar-refractivity contribution >= 4 is 5.91 Å². The van der Waals surface area contributed by atoms with E-state index in [2.05, 4.69) is 5.32 Å². The molecule has 0 saturated carbocycles. The Hall–Kier alpha value is -2.85. The lowest BCUT2D eigenvalue weighted by atomic mass is 9.99. The summed E-state index contributed by atoms with van der Waals surface area (Å²) in [6.45, 7) is 1.07. The van der Waals surface area contributed by atoms with Crippen molar-refractivity contribution in [2.45, 2.75) is 12.6 Å². The molecule has 0 aliphatic rings. The highest BCUT2D eigenvalue weighted by Crippen LogP contribution is 2.21. The number of quaternary nitrogens is 1. The average Bonchev–Trinajstić information content (AvgIpc) is 3.14. The van der Waals surface area contributed by atoms with Crippen molar-refractivity contribution in [3.8, 4) is 0 Å². The van der Waals surface area contributed by atoms with Crippen molar-refractivity contribution in [1.29, 1.82) is 0 Å². The third-order valence-electron chi connectivity index (χ3n) is 4.09. The number of likely N-dealkylation sites (N-methyl/N-ethyl adjacent to an activating group) is 1. The summed E-state index contributed by atoms with van der Waals surface area (Å²) in [5.41, 5.74) is 2.15. The molecule has 0 fully saturated rings. The maximum Gasteiger partial charge on any atom is 0.275 e. The first-order valence-electron chi connectivity index (χ1n) is 8.45. The lowest BCUT2D eigenvalue weighted by Gasteiger charge is -2.21. The van der Waals surface area contributed by atoms with Crippen LogP contribution in [0.3, 0.4) is 0 Å². The Balaban J connectivity index is 1.68. The van der Waals surface area contributed by atoms with Crippen molar-refractivity contribution < 1.29 is 14.1 Å². The summed E-state index contributed by atoms with van der Waals surface area (Å²) in [5.74, 6) is 0.898. The highest BCUT2D eigenvalue weighted by atomic mass is 16.3. The molecule has 0 aliphatic heterocycles. The number of benzene rings is 2. The molecule has 0 aliphatic carbocycles. The van der Waals surface area contributed by atoms with E-state index in [0.717, 1.165) is 21.8 Å². The van der Waals surface area contributed by atoms with Gasteiger partial charge in [-0.15, -0.1) is 0 Å². The van der Waals surface area contributed by atoms with Crippen LogP contribution in [0.5, 0.6) is 0 Å². The third-order valence-corrected chi connectivity index (χ3v) is 4.09. The van der Waals surface area contributed by atoms with Gasteiger partial charge >= 0.3 is 0 Å². The van der Waals surface area contributed by atoms with Crippen molar-refractivity contribution in [3.63, 3.8) is 0 Å². The highest BCUT2D eigenvalue weighted by Gasteiger charge is 2.19. The summed E-state index contributed by atoms with van der Waals surface area (Å²) in [6, 6.07) is 23.7. The molecule has 1 amide bonds. The highest BCUT2D eigenvalue weighted by molar-refractivity contribution is 5.77. The summed E-state index contributed by atoms with van der Waals surface area (Å²) in [6.07, 6.45) is 1.66. The van der Waals surface area contributed by atoms with E-state index in [0.29, 0.717) is 13.1 Å². The van der Waals surface area contributed by atoms with Crippen molar-refractivity contribution in [2.75, 3.05) is 13.6 Å². The molecule has 4 heteroatoms. The first-order chi connectivity index (χ1) is 12.2. The molecule has 1 aromatic heterocycles. The van der Waals surface area contributed by atoms with Crippen molar-refractivity contribution in [1.82, 2.24) is 5.32 Å². The van der Waals surface area contributed by atoms with Crippen LogP contribution >= 0.6 is 0 Å². The smallest absolute Gasteiger partial charge is 0.275 e. The second kappa shape index (κ2) is 8.31. The molecule has 3 rings (SSSR count). The predicted molar refractivity (Wildman–Crippen MR) is 97.0 cm³/mol. The number of carbonyl (C=O) groups excluding carboxylic acids is 1. The molecular weight excluding hydrogens is 312 g/mol. The van der Waals surface area contributed by atoms with E-state index in [-0.39, 0.29) is 11.9 Å². The van der Waals surface area contributed by atoms with Crippen LogP contribution in [-0.4, -0.2) is 19.5 Å². The fourth-order valence-electron chi connectivity index (χ4n) is 2.91. The number of hydrogen-bond donors (Lipinski definition) is 2. The van der Waals surface area contributed by atoms with E-state index < -0.39 is 0 Å². The Bertz CT molecular complexity index is 731. The normalized spacial score (nSPS) is 12.1. The number of carbonyl (C=O) groups is 1. The minimum absolute atomic E-state index is 0.0155. The van der Waals surface area contributed by atoms with Gasteiger partial charge in [-0.2, -0.15) is 0 Å². The maximum atomic E-state index is 12.6. The first kappa shape index (κ1) is 17.0. The van der Waals surface area contributed by atoms with Crippen LogP contribution in [0.2, 0.25) is 0 Å².